The Morgan fingerprint density at radius 1 is 1.05 bits per heavy atom. The van der Waals surface area contributed by atoms with E-state index in [1.807, 2.05) is 0 Å². The van der Waals surface area contributed by atoms with E-state index in [0.29, 0.717) is 27.0 Å². The Bertz CT molecular complexity index is 594. The molecule has 0 aliphatic carbocycles. The second kappa shape index (κ2) is 5.95. The fraction of sp³-hybridized carbons (Fsp3) is 0.0714. The van der Waals surface area contributed by atoms with Crippen LogP contribution in [-0.2, 0) is 0 Å². The van der Waals surface area contributed by atoms with E-state index in [4.69, 9.17) is 27.9 Å². The molecule has 2 aromatic rings. The van der Waals surface area contributed by atoms with Crippen LogP contribution >= 0.6 is 23.2 Å². The van der Waals surface area contributed by atoms with Crippen molar-refractivity contribution in [3.05, 3.63) is 58.1 Å². The first-order valence-corrected chi connectivity index (χ1v) is 6.27. The molecule has 2 aromatic carbocycles. The highest BCUT2D eigenvalue weighted by atomic mass is 35.5. The van der Waals surface area contributed by atoms with Crippen molar-refractivity contribution in [3.63, 3.8) is 0 Å². The van der Waals surface area contributed by atoms with Gasteiger partial charge in [-0.3, -0.25) is 4.79 Å². The van der Waals surface area contributed by atoms with Crippen molar-refractivity contribution in [2.24, 2.45) is 0 Å². The summed E-state index contributed by atoms with van der Waals surface area (Å²) in [6.07, 6.45) is 0. The quantitative estimate of drug-likeness (QED) is 0.919. The smallest absolute Gasteiger partial charge is 0.259 e. The molecule has 0 saturated heterocycles. The molecule has 5 heteroatoms. The number of carbonyl (C=O) groups is 1. The van der Waals surface area contributed by atoms with Gasteiger partial charge in [-0.1, -0.05) is 41.4 Å². The van der Waals surface area contributed by atoms with Crippen LogP contribution in [-0.4, -0.2) is 13.0 Å². The first-order valence-electron chi connectivity index (χ1n) is 5.52. The molecule has 1 amide bonds. The van der Waals surface area contributed by atoms with Gasteiger partial charge < -0.3 is 10.1 Å². The van der Waals surface area contributed by atoms with Crippen LogP contribution in [0.25, 0.3) is 0 Å². The van der Waals surface area contributed by atoms with Gasteiger partial charge in [0.2, 0.25) is 0 Å². The number of benzene rings is 2. The summed E-state index contributed by atoms with van der Waals surface area (Å²) in [5.74, 6) is 0.163. The van der Waals surface area contributed by atoms with Crippen molar-refractivity contribution in [2.75, 3.05) is 12.4 Å². The monoisotopic (exact) mass is 295 g/mol. The van der Waals surface area contributed by atoms with Gasteiger partial charge in [0, 0.05) is 0 Å². The summed E-state index contributed by atoms with van der Waals surface area (Å²) in [6.45, 7) is 0. The van der Waals surface area contributed by atoms with Crippen LogP contribution < -0.4 is 10.1 Å². The molecule has 0 spiro atoms. The standard InChI is InChI=1S/C14H11Cl2NO2/c1-19-12-8-3-2-5-9(12)14(18)17-13-10(15)6-4-7-11(13)16/h2-8H,1H3,(H,17,18). The lowest BCUT2D eigenvalue weighted by Gasteiger charge is -2.11. The Hall–Kier alpha value is -1.71. The van der Waals surface area contributed by atoms with Crippen molar-refractivity contribution in [1.29, 1.82) is 0 Å². The van der Waals surface area contributed by atoms with Gasteiger partial charge in [0.15, 0.2) is 0 Å². The van der Waals surface area contributed by atoms with E-state index in [-0.39, 0.29) is 5.91 Å². The maximum absolute atomic E-state index is 12.2. The largest absolute Gasteiger partial charge is 0.496 e. The number of hydrogen-bond acceptors (Lipinski definition) is 2. The molecule has 0 aromatic heterocycles. The summed E-state index contributed by atoms with van der Waals surface area (Å²) in [5.41, 5.74) is 0.808. The lowest BCUT2D eigenvalue weighted by Crippen LogP contribution is -2.13. The molecule has 19 heavy (non-hydrogen) atoms. The van der Waals surface area contributed by atoms with Gasteiger partial charge >= 0.3 is 0 Å². The predicted octanol–water partition coefficient (Wildman–Crippen LogP) is 4.25. The van der Waals surface area contributed by atoms with Crippen molar-refractivity contribution in [3.8, 4) is 5.75 Å². The van der Waals surface area contributed by atoms with Gasteiger partial charge in [-0.15, -0.1) is 0 Å². The number of anilines is 1. The molecule has 0 fully saturated rings. The Balaban J connectivity index is 2.31. The Morgan fingerprint density at radius 2 is 1.68 bits per heavy atom. The zero-order valence-electron chi connectivity index (χ0n) is 10.1. The lowest BCUT2D eigenvalue weighted by molar-refractivity contribution is 0.102. The Labute approximate surface area is 121 Å². The number of ether oxygens (including phenoxy) is 1. The molecule has 0 radical (unpaired) electrons. The van der Waals surface area contributed by atoms with Crippen LogP contribution in [0.5, 0.6) is 5.75 Å². The average molecular weight is 296 g/mol. The molecule has 0 atom stereocenters. The zero-order valence-corrected chi connectivity index (χ0v) is 11.6. The third-order valence-electron chi connectivity index (χ3n) is 2.55. The van der Waals surface area contributed by atoms with E-state index in [1.54, 1.807) is 42.5 Å². The van der Waals surface area contributed by atoms with E-state index in [9.17, 15) is 4.79 Å². The first kappa shape index (κ1) is 13.7. The Morgan fingerprint density at radius 3 is 2.32 bits per heavy atom. The highest BCUT2D eigenvalue weighted by molar-refractivity contribution is 6.40. The third kappa shape index (κ3) is 3.00. The molecular weight excluding hydrogens is 285 g/mol. The summed E-state index contributed by atoms with van der Waals surface area (Å²) >= 11 is 12.0. The van der Waals surface area contributed by atoms with Crippen molar-refractivity contribution >= 4 is 34.8 Å². The molecule has 0 bridgehead atoms. The summed E-state index contributed by atoms with van der Waals surface area (Å²) < 4.78 is 5.14. The summed E-state index contributed by atoms with van der Waals surface area (Å²) in [5, 5.41) is 3.46. The summed E-state index contributed by atoms with van der Waals surface area (Å²) in [6, 6.07) is 12.0. The van der Waals surface area contributed by atoms with Gasteiger partial charge in [0.25, 0.3) is 5.91 Å². The zero-order chi connectivity index (χ0) is 13.8. The van der Waals surface area contributed by atoms with E-state index in [0.717, 1.165) is 0 Å². The number of halogens is 2. The van der Waals surface area contributed by atoms with Gasteiger partial charge in [-0.25, -0.2) is 0 Å². The summed E-state index contributed by atoms with van der Waals surface area (Å²) in [7, 11) is 1.51. The lowest BCUT2D eigenvalue weighted by atomic mass is 10.2. The highest BCUT2D eigenvalue weighted by Crippen LogP contribution is 2.30. The molecule has 98 valence electrons. The van der Waals surface area contributed by atoms with E-state index >= 15 is 0 Å². The molecule has 0 aliphatic heterocycles. The number of para-hydroxylation sites is 2. The third-order valence-corrected chi connectivity index (χ3v) is 3.18. The van der Waals surface area contributed by atoms with Gasteiger partial charge in [-0.05, 0) is 24.3 Å². The number of nitrogens with one attached hydrogen (secondary N) is 1. The number of rotatable bonds is 3. The molecule has 2 rings (SSSR count). The van der Waals surface area contributed by atoms with Crippen LogP contribution in [0, 0.1) is 0 Å². The normalized spacial score (nSPS) is 10.1. The minimum Gasteiger partial charge on any atom is -0.496 e. The van der Waals surface area contributed by atoms with Crippen LogP contribution in [0.15, 0.2) is 42.5 Å². The SMILES string of the molecule is COc1ccccc1C(=O)Nc1c(Cl)cccc1Cl. The van der Waals surface area contributed by atoms with Crippen LogP contribution in [0.3, 0.4) is 0 Å². The molecular formula is C14H11Cl2NO2. The number of carbonyl (C=O) groups excluding carboxylic acids is 1. The molecule has 0 heterocycles. The van der Waals surface area contributed by atoms with Crippen molar-refractivity contribution < 1.29 is 9.53 Å². The second-order valence-electron chi connectivity index (χ2n) is 3.75. The fourth-order valence-electron chi connectivity index (χ4n) is 1.63. The maximum atomic E-state index is 12.2. The van der Waals surface area contributed by atoms with Gasteiger partial charge in [0.05, 0.1) is 28.4 Å². The topological polar surface area (TPSA) is 38.3 Å². The summed E-state index contributed by atoms with van der Waals surface area (Å²) in [4.78, 5) is 12.2. The molecule has 0 aliphatic rings. The average Bonchev–Trinajstić information content (AvgIpc) is 2.42. The van der Waals surface area contributed by atoms with Crippen molar-refractivity contribution in [2.45, 2.75) is 0 Å². The fourth-order valence-corrected chi connectivity index (χ4v) is 2.12. The van der Waals surface area contributed by atoms with E-state index in [1.165, 1.54) is 7.11 Å². The van der Waals surface area contributed by atoms with Crippen LogP contribution in [0.1, 0.15) is 10.4 Å². The molecule has 0 saturated carbocycles. The number of amides is 1. The second-order valence-corrected chi connectivity index (χ2v) is 4.57. The minimum absolute atomic E-state index is 0.326. The Kier molecular flexibility index (Phi) is 4.30. The van der Waals surface area contributed by atoms with Crippen LogP contribution in [0.2, 0.25) is 10.0 Å². The molecule has 3 nitrogen and oxygen atoms in total. The predicted molar refractivity (Wildman–Crippen MR) is 77.4 cm³/mol. The van der Waals surface area contributed by atoms with Crippen molar-refractivity contribution in [1.82, 2.24) is 0 Å². The van der Waals surface area contributed by atoms with Crippen LogP contribution in [0.4, 0.5) is 5.69 Å². The molecule has 1 N–H and O–H groups in total. The number of hydrogen-bond donors (Lipinski definition) is 1. The van der Waals surface area contributed by atoms with E-state index in [2.05, 4.69) is 5.32 Å². The highest BCUT2D eigenvalue weighted by Gasteiger charge is 2.14. The first-order chi connectivity index (χ1) is 9.13. The maximum Gasteiger partial charge on any atom is 0.259 e. The van der Waals surface area contributed by atoms with E-state index < -0.39 is 0 Å². The van der Waals surface area contributed by atoms with Gasteiger partial charge in [-0.2, -0.15) is 0 Å². The number of methoxy groups -OCH3 is 1. The molecule has 0 unspecified atom stereocenters. The van der Waals surface area contributed by atoms with Gasteiger partial charge in [0.1, 0.15) is 5.75 Å². The minimum atomic E-state index is -0.326.